The minimum atomic E-state index is 0.154. The molecule has 0 N–H and O–H groups in total. The molecule has 0 bridgehead atoms. The summed E-state index contributed by atoms with van der Waals surface area (Å²) in [6.07, 6.45) is 0.531. The summed E-state index contributed by atoms with van der Waals surface area (Å²) >= 11 is 7.81. The minimum Gasteiger partial charge on any atom is -0.310 e. The molecule has 1 aromatic carbocycles. The quantitative estimate of drug-likeness (QED) is 0.787. The first-order valence-electron chi connectivity index (χ1n) is 4.82. The topological polar surface area (TPSA) is 20.3 Å². The summed E-state index contributed by atoms with van der Waals surface area (Å²) in [6.45, 7) is 2.72. The molecule has 1 aromatic rings. The van der Waals surface area contributed by atoms with Crippen LogP contribution in [0.15, 0.2) is 22.7 Å². The highest BCUT2D eigenvalue weighted by molar-refractivity contribution is 9.10. The third-order valence-electron chi connectivity index (χ3n) is 2.50. The monoisotopic (exact) mass is 285 g/mol. The Labute approximate surface area is 103 Å². The van der Waals surface area contributed by atoms with E-state index in [9.17, 15) is 4.79 Å². The van der Waals surface area contributed by atoms with Gasteiger partial charge in [-0.05, 0) is 40.5 Å². The molecule has 0 aliphatic carbocycles. The second-order valence-electron chi connectivity index (χ2n) is 3.82. The number of nitrogens with zero attached hydrogens (tertiary/aromatic N) is 1. The first kappa shape index (κ1) is 11.0. The molecule has 2 rings (SSSR count). The van der Waals surface area contributed by atoms with Gasteiger partial charge in [0.1, 0.15) is 0 Å². The summed E-state index contributed by atoms with van der Waals surface area (Å²) in [5.74, 6) is 0.154. The molecule has 1 unspecified atom stereocenters. The number of hydrogen-bond donors (Lipinski definition) is 1. The van der Waals surface area contributed by atoms with Crippen molar-refractivity contribution in [2.24, 2.45) is 0 Å². The van der Waals surface area contributed by atoms with Gasteiger partial charge in [0.25, 0.3) is 0 Å². The van der Waals surface area contributed by atoms with E-state index in [1.807, 2.05) is 25.1 Å². The molecule has 0 spiro atoms. The van der Waals surface area contributed by atoms with Gasteiger partial charge in [-0.15, -0.1) is 0 Å². The molecule has 15 heavy (non-hydrogen) atoms. The Kier molecular flexibility index (Phi) is 3.07. The van der Waals surface area contributed by atoms with Crippen molar-refractivity contribution in [3.63, 3.8) is 0 Å². The standard InChI is InChI=1S/C11H12BrNOS/c1-7-2-3-9(12)10(4-7)13-6-8(15)5-11(13)14/h2-4,8,15H,5-6H2,1H3. The van der Waals surface area contributed by atoms with Crippen molar-refractivity contribution in [2.45, 2.75) is 18.6 Å². The lowest BCUT2D eigenvalue weighted by Crippen LogP contribution is -2.25. The van der Waals surface area contributed by atoms with E-state index in [2.05, 4.69) is 28.6 Å². The zero-order valence-corrected chi connectivity index (χ0v) is 10.9. The molecule has 1 heterocycles. The van der Waals surface area contributed by atoms with Crippen LogP contribution < -0.4 is 4.90 Å². The van der Waals surface area contributed by atoms with E-state index in [1.54, 1.807) is 4.90 Å². The Morgan fingerprint density at radius 2 is 2.27 bits per heavy atom. The smallest absolute Gasteiger partial charge is 0.228 e. The van der Waals surface area contributed by atoms with E-state index in [4.69, 9.17) is 0 Å². The maximum Gasteiger partial charge on any atom is 0.228 e. The minimum absolute atomic E-state index is 0.154. The maximum absolute atomic E-state index is 11.7. The number of rotatable bonds is 1. The summed E-state index contributed by atoms with van der Waals surface area (Å²) in [6, 6.07) is 6.02. The van der Waals surface area contributed by atoms with Crippen molar-refractivity contribution < 1.29 is 4.79 Å². The maximum atomic E-state index is 11.7. The van der Waals surface area contributed by atoms with Crippen LogP contribution in [0.4, 0.5) is 5.69 Å². The number of thiol groups is 1. The number of carbonyl (C=O) groups excluding carboxylic acids is 1. The SMILES string of the molecule is Cc1ccc(Br)c(N2CC(S)CC2=O)c1. The Morgan fingerprint density at radius 1 is 1.53 bits per heavy atom. The van der Waals surface area contributed by atoms with Crippen molar-refractivity contribution in [3.05, 3.63) is 28.2 Å². The summed E-state index contributed by atoms with van der Waals surface area (Å²) in [5, 5.41) is 0.157. The lowest BCUT2D eigenvalue weighted by molar-refractivity contribution is -0.117. The van der Waals surface area contributed by atoms with E-state index >= 15 is 0 Å². The van der Waals surface area contributed by atoms with Gasteiger partial charge in [0.2, 0.25) is 5.91 Å². The molecular weight excluding hydrogens is 274 g/mol. The van der Waals surface area contributed by atoms with E-state index in [-0.39, 0.29) is 11.2 Å². The highest BCUT2D eigenvalue weighted by Crippen LogP contribution is 2.31. The molecule has 1 aliphatic rings. The summed E-state index contributed by atoms with van der Waals surface area (Å²) in [5.41, 5.74) is 2.11. The molecule has 1 aliphatic heterocycles. The predicted molar refractivity (Wildman–Crippen MR) is 68.6 cm³/mol. The van der Waals surface area contributed by atoms with Crippen LogP contribution in [0.3, 0.4) is 0 Å². The van der Waals surface area contributed by atoms with Crippen LogP contribution in [0.5, 0.6) is 0 Å². The van der Waals surface area contributed by atoms with Crippen LogP contribution in [0, 0.1) is 6.92 Å². The van der Waals surface area contributed by atoms with Gasteiger partial charge in [-0.25, -0.2) is 0 Å². The van der Waals surface area contributed by atoms with Gasteiger partial charge < -0.3 is 4.90 Å². The summed E-state index contributed by atoms with van der Waals surface area (Å²) < 4.78 is 0.962. The number of benzene rings is 1. The first-order chi connectivity index (χ1) is 7.08. The highest BCUT2D eigenvalue weighted by Gasteiger charge is 2.29. The second-order valence-corrected chi connectivity index (χ2v) is 5.40. The van der Waals surface area contributed by atoms with Crippen LogP contribution in [0.2, 0.25) is 0 Å². The second kappa shape index (κ2) is 4.18. The van der Waals surface area contributed by atoms with E-state index in [1.165, 1.54) is 0 Å². The van der Waals surface area contributed by atoms with Crippen molar-refractivity contribution in [3.8, 4) is 0 Å². The van der Waals surface area contributed by atoms with Crippen LogP contribution in [-0.2, 0) is 4.79 Å². The summed E-state index contributed by atoms with van der Waals surface area (Å²) in [7, 11) is 0. The molecule has 0 aromatic heterocycles. The van der Waals surface area contributed by atoms with Gasteiger partial charge in [-0.3, -0.25) is 4.79 Å². The molecule has 80 valence electrons. The fourth-order valence-electron chi connectivity index (χ4n) is 1.75. The van der Waals surface area contributed by atoms with E-state index in [0.717, 1.165) is 15.7 Å². The fraction of sp³-hybridized carbons (Fsp3) is 0.364. The first-order valence-corrected chi connectivity index (χ1v) is 6.13. The van der Waals surface area contributed by atoms with Gasteiger partial charge in [0.05, 0.1) is 5.69 Å². The summed E-state index contributed by atoms with van der Waals surface area (Å²) in [4.78, 5) is 13.5. The molecule has 1 saturated heterocycles. The molecular formula is C11H12BrNOS. The zero-order valence-electron chi connectivity index (χ0n) is 8.40. The van der Waals surface area contributed by atoms with Crippen molar-refractivity contribution in [1.82, 2.24) is 0 Å². The van der Waals surface area contributed by atoms with Crippen LogP contribution in [0.25, 0.3) is 0 Å². The number of amides is 1. The Balaban J connectivity index is 2.37. The number of anilines is 1. The molecule has 1 fully saturated rings. The molecule has 4 heteroatoms. The zero-order chi connectivity index (χ0) is 11.0. The Bertz CT molecular complexity index is 408. The molecule has 1 amide bonds. The number of halogens is 1. The van der Waals surface area contributed by atoms with Crippen molar-refractivity contribution in [1.29, 1.82) is 0 Å². The molecule has 0 saturated carbocycles. The number of aryl methyl sites for hydroxylation is 1. The predicted octanol–water partition coefficient (Wildman–Crippen LogP) is 2.79. The van der Waals surface area contributed by atoms with E-state index < -0.39 is 0 Å². The van der Waals surface area contributed by atoms with Crippen LogP contribution >= 0.6 is 28.6 Å². The average molecular weight is 286 g/mol. The van der Waals surface area contributed by atoms with Crippen molar-refractivity contribution in [2.75, 3.05) is 11.4 Å². The third-order valence-corrected chi connectivity index (χ3v) is 3.51. The molecule has 2 nitrogen and oxygen atoms in total. The van der Waals surface area contributed by atoms with E-state index in [0.29, 0.717) is 13.0 Å². The van der Waals surface area contributed by atoms with Gasteiger partial charge in [0, 0.05) is 22.7 Å². The third kappa shape index (κ3) is 2.21. The van der Waals surface area contributed by atoms with Crippen molar-refractivity contribution >= 4 is 40.2 Å². The van der Waals surface area contributed by atoms with Crippen LogP contribution in [0.1, 0.15) is 12.0 Å². The van der Waals surface area contributed by atoms with Crippen LogP contribution in [-0.4, -0.2) is 17.7 Å². The lowest BCUT2D eigenvalue weighted by atomic mass is 10.2. The lowest BCUT2D eigenvalue weighted by Gasteiger charge is -2.18. The van der Waals surface area contributed by atoms with Gasteiger partial charge in [-0.1, -0.05) is 6.07 Å². The molecule has 1 atom stereocenters. The largest absolute Gasteiger partial charge is 0.310 e. The fourth-order valence-corrected chi connectivity index (χ4v) is 2.53. The number of carbonyl (C=O) groups is 1. The van der Waals surface area contributed by atoms with Gasteiger partial charge in [-0.2, -0.15) is 12.6 Å². The molecule has 0 radical (unpaired) electrons. The van der Waals surface area contributed by atoms with Gasteiger partial charge >= 0.3 is 0 Å². The van der Waals surface area contributed by atoms with Gasteiger partial charge in [0.15, 0.2) is 0 Å². The normalized spacial score (nSPS) is 21.1. The Morgan fingerprint density at radius 3 is 2.87 bits per heavy atom. The Hall–Kier alpha value is -0.480. The number of hydrogen-bond acceptors (Lipinski definition) is 2. The highest BCUT2D eigenvalue weighted by atomic mass is 79.9. The average Bonchev–Trinajstić information content (AvgIpc) is 2.50.